The molecule has 0 aliphatic carbocycles. The van der Waals surface area contributed by atoms with Crippen molar-refractivity contribution in [3.05, 3.63) is 35.3 Å². The third-order valence-electron chi connectivity index (χ3n) is 6.30. The molecule has 184 valence electrons. The first-order chi connectivity index (χ1) is 17.2. The zero-order valence-electron chi connectivity index (χ0n) is 22.7. The number of aromatic nitrogens is 5. The molecule has 9 nitrogen and oxygen atoms in total. The van der Waals surface area contributed by atoms with Gasteiger partial charge in [0.1, 0.15) is 5.82 Å². The number of aryl methyl sites for hydroxylation is 1. The van der Waals surface area contributed by atoms with E-state index in [1.54, 1.807) is 10.7 Å². The van der Waals surface area contributed by atoms with Gasteiger partial charge in [-0.2, -0.15) is 4.98 Å². The number of rotatable bonds is 9. The summed E-state index contributed by atoms with van der Waals surface area (Å²) in [6.45, 7) is 6.18. The molecule has 4 rings (SSSR count). The molecule has 1 fully saturated rings. The summed E-state index contributed by atoms with van der Waals surface area (Å²) in [5.41, 5.74) is 9.63. The second-order valence-electron chi connectivity index (χ2n) is 9.56. The van der Waals surface area contributed by atoms with Crippen LogP contribution in [0.5, 0.6) is 6.01 Å². The number of hydrogen-bond acceptors (Lipinski definition) is 8. The Labute approximate surface area is 205 Å². The van der Waals surface area contributed by atoms with Crippen LogP contribution in [-0.2, 0) is 6.42 Å². The van der Waals surface area contributed by atoms with Crippen LogP contribution >= 0.6 is 0 Å². The second kappa shape index (κ2) is 10.5. The predicted molar refractivity (Wildman–Crippen MR) is 135 cm³/mol. The molecule has 0 radical (unpaired) electrons. The summed E-state index contributed by atoms with van der Waals surface area (Å²) in [6.07, 6.45) is 7.37. The van der Waals surface area contributed by atoms with Crippen LogP contribution in [0.1, 0.15) is 59.0 Å². The molecule has 4 heterocycles. The highest BCUT2D eigenvalue weighted by Crippen LogP contribution is 2.26. The molecule has 2 N–H and O–H groups in total. The molecule has 0 unspecified atom stereocenters. The Bertz CT molecular complexity index is 1160. The first kappa shape index (κ1) is 21.6. The van der Waals surface area contributed by atoms with E-state index in [1.165, 1.54) is 12.8 Å². The average Bonchev–Trinajstić information content (AvgIpc) is 3.22. The van der Waals surface area contributed by atoms with Crippen molar-refractivity contribution in [3.63, 3.8) is 0 Å². The van der Waals surface area contributed by atoms with Gasteiger partial charge in [0, 0.05) is 35.0 Å². The molecule has 0 amide bonds. The van der Waals surface area contributed by atoms with Crippen LogP contribution in [0.3, 0.4) is 0 Å². The van der Waals surface area contributed by atoms with Crippen molar-refractivity contribution in [2.45, 2.75) is 58.9 Å². The fraction of sp³-hybridized carbons (Fsp3) is 0.600. The first-order valence-corrected chi connectivity index (χ1v) is 12.1. The summed E-state index contributed by atoms with van der Waals surface area (Å²) >= 11 is 0. The lowest BCUT2D eigenvalue weighted by Gasteiger charge is -2.34. The fourth-order valence-electron chi connectivity index (χ4n) is 4.68. The quantitative estimate of drug-likeness (QED) is 0.511. The normalized spacial score (nSPS) is 16.8. The molecule has 9 heteroatoms. The number of piperidine rings is 1. The largest absolute Gasteiger partial charge is 0.459 e. The Kier molecular flexibility index (Phi) is 6.70. The van der Waals surface area contributed by atoms with Gasteiger partial charge >= 0.3 is 6.01 Å². The average molecular weight is 469 g/mol. The van der Waals surface area contributed by atoms with Gasteiger partial charge in [-0.05, 0) is 64.2 Å². The van der Waals surface area contributed by atoms with E-state index in [-0.39, 0.29) is 11.8 Å². The number of pyridine rings is 1. The number of nitrogen functional groups attached to an aromatic ring is 1. The Morgan fingerprint density at radius 2 is 2.06 bits per heavy atom. The molecule has 1 saturated heterocycles. The van der Waals surface area contributed by atoms with Crippen LogP contribution in [0.15, 0.2) is 18.5 Å². The Morgan fingerprint density at radius 3 is 2.74 bits per heavy atom. The third kappa shape index (κ3) is 5.58. The van der Waals surface area contributed by atoms with Gasteiger partial charge in [0.15, 0.2) is 11.5 Å². The van der Waals surface area contributed by atoms with Gasteiger partial charge in [-0.15, -0.1) is 5.10 Å². The van der Waals surface area contributed by atoms with Gasteiger partial charge in [-0.1, -0.05) is 19.4 Å². The van der Waals surface area contributed by atoms with Crippen molar-refractivity contribution in [2.75, 3.05) is 44.4 Å². The Morgan fingerprint density at radius 1 is 1.26 bits per heavy atom. The highest BCUT2D eigenvalue weighted by molar-refractivity contribution is 5.60. The van der Waals surface area contributed by atoms with Gasteiger partial charge in [0.2, 0.25) is 0 Å². The zero-order valence-corrected chi connectivity index (χ0v) is 20.7. The smallest absolute Gasteiger partial charge is 0.336 e. The molecule has 3 aromatic heterocycles. The van der Waals surface area contributed by atoms with Crippen molar-refractivity contribution < 1.29 is 7.48 Å². The topological polar surface area (TPSA) is 97.7 Å². The number of anilines is 2. The lowest BCUT2D eigenvalue weighted by atomic mass is 9.96. The van der Waals surface area contributed by atoms with Gasteiger partial charge < -0.3 is 20.3 Å². The van der Waals surface area contributed by atoms with Gasteiger partial charge in [-0.3, -0.25) is 0 Å². The van der Waals surface area contributed by atoms with E-state index in [9.17, 15) is 0 Å². The highest BCUT2D eigenvalue weighted by Gasteiger charge is 2.22. The Hall–Kier alpha value is -2.94. The number of ether oxygens (including phenoxy) is 1. The number of nitrogens with zero attached hydrogens (tertiary/aromatic N) is 7. The zero-order chi connectivity index (χ0) is 25.8. The van der Waals surface area contributed by atoms with Crippen molar-refractivity contribution in [2.24, 2.45) is 5.92 Å². The molecule has 1 aliphatic heterocycles. The van der Waals surface area contributed by atoms with E-state index >= 15 is 0 Å². The summed E-state index contributed by atoms with van der Waals surface area (Å²) in [4.78, 5) is 18.1. The van der Waals surface area contributed by atoms with Crippen molar-refractivity contribution >= 4 is 17.3 Å². The summed E-state index contributed by atoms with van der Waals surface area (Å²) in [7, 11) is 4.28. The van der Waals surface area contributed by atoms with Crippen LogP contribution < -0.4 is 15.4 Å². The van der Waals surface area contributed by atoms with E-state index in [0.29, 0.717) is 18.5 Å². The molecule has 1 aliphatic rings. The maximum absolute atomic E-state index is 7.74. The predicted octanol–water partition coefficient (Wildman–Crippen LogP) is 3.35. The van der Waals surface area contributed by atoms with Crippen LogP contribution in [0, 0.1) is 12.8 Å². The maximum Gasteiger partial charge on any atom is 0.336 e. The molecule has 0 spiro atoms. The number of imidazole rings is 1. The minimum absolute atomic E-state index is 0.0597. The molecule has 1 atom stereocenters. The van der Waals surface area contributed by atoms with Crippen LogP contribution in [0.4, 0.5) is 11.6 Å². The number of fused-ring (bicyclic) bond motifs is 1. The van der Waals surface area contributed by atoms with Crippen LogP contribution in [-0.4, -0.2) is 69.3 Å². The first-order valence-electron chi connectivity index (χ1n) is 13.3. The SMILES string of the molecule is [2H]C([2H])[C@H](CCC)Oc1nc(N)c2ncc(Cc3cnc(N4CCC(CN(C)C)CC4)c(C)c3)n2n1. The summed E-state index contributed by atoms with van der Waals surface area (Å²) < 4.78 is 22.9. The fourth-order valence-corrected chi connectivity index (χ4v) is 4.68. The maximum atomic E-state index is 7.74. The minimum atomic E-state index is -1.14. The monoisotopic (exact) mass is 468 g/mol. The van der Waals surface area contributed by atoms with Crippen molar-refractivity contribution in [1.82, 2.24) is 29.5 Å². The number of hydrogen-bond donors (Lipinski definition) is 1. The van der Waals surface area contributed by atoms with Gasteiger partial charge in [0.05, 0.1) is 18.0 Å². The van der Waals surface area contributed by atoms with E-state index in [1.807, 2.05) is 13.1 Å². The third-order valence-corrected chi connectivity index (χ3v) is 6.30. The molecule has 0 bridgehead atoms. The molecule has 3 aromatic rings. The second-order valence-corrected chi connectivity index (χ2v) is 9.56. The lowest BCUT2D eigenvalue weighted by Crippen LogP contribution is -2.37. The van der Waals surface area contributed by atoms with E-state index in [4.69, 9.17) is 18.2 Å². The van der Waals surface area contributed by atoms with Gasteiger partial charge in [-0.25, -0.2) is 14.5 Å². The lowest BCUT2D eigenvalue weighted by molar-refractivity contribution is 0.189. The minimum Gasteiger partial charge on any atom is -0.459 e. The molecule has 0 aromatic carbocycles. The van der Waals surface area contributed by atoms with Crippen molar-refractivity contribution in [1.29, 1.82) is 0 Å². The molecule has 0 saturated carbocycles. The number of nitrogens with two attached hydrogens (primary N) is 1. The van der Waals surface area contributed by atoms with E-state index in [0.717, 1.165) is 54.6 Å². The van der Waals surface area contributed by atoms with E-state index < -0.39 is 13.0 Å². The summed E-state index contributed by atoms with van der Waals surface area (Å²) in [5, 5.41) is 4.48. The molecule has 34 heavy (non-hydrogen) atoms. The summed E-state index contributed by atoms with van der Waals surface area (Å²) in [5.74, 6) is 2.01. The standard InChI is InChI=1S/C25H38N8O/c1-6-7-18(3)34-25-29-22(26)24-28-15-21(33(24)30-25)13-20-12-17(2)23(27-14-20)32-10-8-19(9-11-32)16-31(4)5/h12,14-15,18-19H,6-11,13,16H2,1-5H3,(H2,26,29,30)/t18-/m1/s1/i3D2. The summed E-state index contributed by atoms with van der Waals surface area (Å²) in [6, 6.07) is 2.24. The van der Waals surface area contributed by atoms with E-state index in [2.05, 4.69) is 52.0 Å². The van der Waals surface area contributed by atoms with Gasteiger partial charge in [0.25, 0.3) is 0 Å². The molecular weight excluding hydrogens is 428 g/mol. The Balaban J connectivity index is 1.49. The molecular formula is C25H38N8O. The highest BCUT2D eigenvalue weighted by atomic mass is 16.5. The van der Waals surface area contributed by atoms with Crippen LogP contribution in [0.2, 0.25) is 0 Å². The van der Waals surface area contributed by atoms with Crippen molar-refractivity contribution in [3.8, 4) is 6.01 Å². The van der Waals surface area contributed by atoms with Crippen LogP contribution in [0.25, 0.3) is 5.65 Å².